The maximum atomic E-state index is 9.61. The number of morpholine rings is 1. The van der Waals surface area contributed by atoms with Gasteiger partial charge in [0.2, 0.25) is 5.95 Å². The Morgan fingerprint density at radius 3 is 2.53 bits per heavy atom. The van der Waals surface area contributed by atoms with Crippen LogP contribution in [0.15, 0.2) is 30.9 Å². The van der Waals surface area contributed by atoms with E-state index < -0.39 is 0 Å². The Hall–Kier alpha value is -3.58. The molecule has 2 bridgehead atoms. The first-order chi connectivity index (χ1) is 16.7. The number of piperidine rings is 1. The molecule has 7 rings (SSSR count). The van der Waals surface area contributed by atoms with Gasteiger partial charge in [0.15, 0.2) is 5.75 Å². The van der Waals surface area contributed by atoms with Crippen molar-refractivity contribution in [2.24, 2.45) is 0 Å². The molecule has 1 N–H and O–H groups in total. The van der Waals surface area contributed by atoms with Gasteiger partial charge in [-0.15, -0.1) is 0 Å². The van der Waals surface area contributed by atoms with Gasteiger partial charge in [0.05, 0.1) is 55.9 Å². The van der Waals surface area contributed by atoms with Gasteiger partial charge in [0.1, 0.15) is 22.9 Å². The number of rotatable bonds is 6. The largest absolute Gasteiger partial charge is 0.494 e. The van der Waals surface area contributed by atoms with Crippen LogP contribution in [0.3, 0.4) is 0 Å². The molecule has 3 aromatic rings. The van der Waals surface area contributed by atoms with Crippen molar-refractivity contribution in [3.05, 3.63) is 36.4 Å². The van der Waals surface area contributed by atoms with Crippen LogP contribution >= 0.6 is 0 Å². The number of nitrogens with one attached hydrogen (secondary N) is 1. The average molecular weight is 462 g/mol. The molecule has 3 aliphatic heterocycles. The molecule has 2 unspecified atom stereocenters. The summed E-state index contributed by atoms with van der Waals surface area (Å²) >= 11 is 0. The van der Waals surface area contributed by atoms with E-state index in [1.165, 1.54) is 0 Å². The van der Waals surface area contributed by atoms with E-state index in [2.05, 4.69) is 37.4 Å². The summed E-state index contributed by atoms with van der Waals surface area (Å²) in [5.74, 6) is 1.98. The molecule has 3 saturated heterocycles. The lowest BCUT2D eigenvalue weighted by atomic mass is 9.93. The monoisotopic (exact) mass is 461 g/mol. The average Bonchev–Trinajstić information content (AvgIpc) is 3.29. The molecule has 1 saturated carbocycles. The summed E-state index contributed by atoms with van der Waals surface area (Å²) < 4.78 is 19.2. The van der Waals surface area contributed by atoms with Crippen LogP contribution in [0.4, 0.5) is 11.6 Å². The number of hydrogen-bond acceptors (Lipinski definition) is 9. The summed E-state index contributed by atoms with van der Waals surface area (Å²) in [5, 5.41) is 17.4. The van der Waals surface area contributed by atoms with Crippen molar-refractivity contribution in [3.8, 4) is 17.6 Å². The molecule has 0 spiro atoms. The Balaban J connectivity index is 1.16. The summed E-state index contributed by atoms with van der Waals surface area (Å²) in [6.07, 6.45) is 12.5. The van der Waals surface area contributed by atoms with Crippen molar-refractivity contribution in [1.82, 2.24) is 19.6 Å². The zero-order valence-corrected chi connectivity index (χ0v) is 19.1. The molecule has 6 heterocycles. The number of hydrogen-bond donors (Lipinski definition) is 1. The van der Waals surface area contributed by atoms with Gasteiger partial charge in [-0.2, -0.15) is 10.4 Å². The maximum Gasteiger partial charge on any atom is 0.223 e. The van der Waals surface area contributed by atoms with E-state index in [0.29, 0.717) is 35.5 Å². The van der Waals surface area contributed by atoms with Crippen LogP contribution in [-0.2, 0) is 4.74 Å². The fourth-order valence-corrected chi connectivity index (χ4v) is 5.17. The normalized spacial score (nSPS) is 25.9. The van der Waals surface area contributed by atoms with Crippen LogP contribution in [0.25, 0.3) is 5.52 Å². The van der Waals surface area contributed by atoms with E-state index in [0.717, 1.165) is 62.1 Å². The summed E-state index contributed by atoms with van der Waals surface area (Å²) in [5.41, 5.74) is 2.31. The highest BCUT2D eigenvalue weighted by Gasteiger charge is 2.38. The first-order valence-corrected chi connectivity index (χ1v) is 11.8. The van der Waals surface area contributed by atoms with Crippen LogP contribution in [0, 0.1) is 11.3 Å². The van der Waals surface area contributed by atoms with Crippen molar-refractivity contribution in [3.63, 3.8) is 0 Å². The standard InChI is InChI=1S/C24H27N7O3/c1-32-21-10-26-24(27-11-21)29-16-2-4-18(5-3-16)34-22-6-17(30-13-19-7-20(14-30)33-19)12-31-23(22)15(8-25)9-28-31/h6,9-12,16,18-20H,2-5,7,13-14H2,1H3,(H,26,27,29). The first kappa shape index (κ1) is 21.0. The number of fused-ring (bicyclic) bond motifs is 3. The van der Waals surface area contributed by atoms with E-state index in [1.807, 2.05) is 6.20 Å². The van der Waals surface area contributed by atoms with E-state index in [4.69, 9.17) is 14.2 Å². The molecular weight excluding hydrogens is 434 g/mol. The van der Waals surface area contributed by atoms with E-state index >= 15 is 0 Å². The molecule has 4 fully saturated rings. The second-order valence-electron chi connectivity index (χ2n) is 9.23. The Bertz CT molecular complexity index is 1200. The molecule has 2 atom stereocenters. The highest BCUT2D eigenvalue weighted by atomic mass is 16.5. The van der Waals surface area contributed by atoms with Crippen LogP contribution in [-0.4, -0.2) is 64.1 Å². The van der Waals surface area contributed by atoms with Crippen LogP contribution < -0.4 is 19.7 Å². The van der Waals surface area contributed by atoms with E-state index in [9.17, 15) is 5.26 Å². The van der Waals surface area contributed by atoms with Gasteiger partial charge in [-0.25, -0.2) is 14.5 Å². The molecule has 10 nitrogen and oxygen atoms in total. The highest BCUT2D eigenvalue weighted by Crippen LogP contribution is 2.36. The number of ether oxygens (including phenoxy) is 3. The summed E-state index contributed by atoms with van der Waals surface area (Å²) in [7, 11) is 1.60. The van der Waals surface area contributed by atoms with Crippen molar-refractivity contribution in [2.75, 3.05) is 30.4 Å². The molecule has 34 heavy (non-hydrogen) atoms. The summed E-state index contributed by atoms with van der Waals surface area (Å²) in [6, 6.07) is 4.62. The minimum absolute atomic E-state index is 0.0772. The lowest BCUT2D eigenvalue weighted by Crippen LogP contribution is -2.57. The molecule has 3 aromatic heterocycles. The third-order valence-electron chi connectivity index (χ3n) is 6.97. The molecule has 176 valence electrons. The third-order valence-corrected chi connectivity index (χ3v) is 6.97. The fourth-order valence-electron chi connectivity index (χ4n) is 5.17. The Labute approximate surface area is 197 Å². The molecule has 0 aromatic carbocycles. The zero-order valence-electron chi connectivity index (χ0n) is 19.1. The molecule has 0 radical (unpaired) electrons. The number of nitrogens with zero attached hydrogens (tertiary/aromatic N) is 6. The fraction of sp³-hybridized carbons (Fsp3) is 0.500. The van der Waals surface area contributed by atoms with Gasteiger partial charge in [-0.05, 0) is 25.7 Å². The van der Waals surface area contributed by atoms with Crippen molar-refractivity contribution >= 4 is 17.2 Å². The first-order valence-electron chi connectivity index (χ1n) is 11.8. The van der Waals surface area contributed by atoms with Crippen LogP contribution in [0.5, 0.6) is 11.5 Å². The van der Waals surface area contributed by atoms with Gasteiger partial charge in [0.25, 0.3) is 0 Å². The van der Waals surface area contributed by atoms with Crippen molar-refractivity contribution in [2.45, 2.75) is 56.5 Å². The Morgan fingerprint density at radius 1 is 1.12 bits per heavy atom. The molecule has 1 aliphatic carbocycles. The van der Waals surface area contributed by atoms with Crippen LogP contribution in [0.1, 0.15) is 37.7 Å². The number of aromatic nitrogens is 4. The smallest absolute Gasteiger partial charge is 0.223 e. The third kappa shape index (κ3) is 3.96. The second-order valence-corrected chi connectivity index (χ2v) is 9.23. The predicted octanol–water partition coefficient (Wildman–Crippen LogP) is 2.78. The van der Waals surface area contributed by atoms with Gasteiger partial charge < -0.3 is 24.4 Å². The van der Waals surface area contributed by atoms with Gasteiger partial charge >= 0.3 is 0 Å². The second kappa shape index (κ2) is 8.65. The lowest BCUT2D eigenvalue weighted by Gasteiger charge is -2.48. The number of nitriles is 1. The van der Waals surface area contributed by atoms with Gasteiger partial charge in [0, 0.05) is 31.6 Å². The lowest BCUT2D eigenvalue weighted by molar-refractivity contribution is -0.133. The molecular formula is C24H27N7O3. The highest BCUT2D eigenvalue weighted by molar-refractivity contribution is 5.72. The Morgan fingerprint density at radius 2 is 1.85 bits per heavy atom. The number of anilines is 2. The predicted molar refractivity (Wildman–Crippen MR) is 124 cm³/mol. The Kier molecular flexibility index (Phi) is 5.34. The maximum absolute atomic E-state index is 9.61. The summed E-state index contributed by atoms with van der Waals surface area (Å²) in [4.78, 5) is 10.9. The number of methoxy groups -OCH3 is 1. The minimum Gasteiger partial charge on any atom is -0.494 e. The van der Waals surface area contributed by atoms with Gasteiger partial charge in [-0.1, -0.05) is 0 Å². The zero-order chi connectivity index (χ0) is 23.1. The topological polar surface area (TPSA) is 110 Å². The molecule has 0 amide bonds. The minimum atomic E-state index is 0.0772. The SMILES string of the molecule is COc1cnc(NC2CCC(Oc3cc(N4CC5CC(C4)O5)cn4ncc(C#N)c34)CC2)nc1. The van der Waals surface area contributed by atoms with Crippen molar-refractivity contribution < 1.29 is 14.2 Å². The van der Waals surface area contributed by atoms with Gasteiger partial charge in [-0.3, -0.25) is 0 Å². The quantitative estimate of drug-likeness (QED) is 0.592. The van der Waals surface area contributed by atoms with Crippen molar-refractivity contribution in [1.29, 1.82) is 5.26 Å². The molecule has 4 aliphatic rings. The van der Waals surface area contributed by atoms with E-state index in [1.54, 1.807) is 30.2 Å². The van der Waals surface area contributed by atoms with E-state index in [-0.39, 0.29) is 6.10 Å². The number of pyridine rings is 1. The molecule has 10 heteroatoms. The summed E-state index contributed by atoms with van der Waals surface area (Å²) in [6.45, 7) is 1.75. The van der Waals surface area contributed by atoms with Crippen LogP contribution in [0.2, 0.25) is 0 Å².